The Bertz CT molecular complexity index is 292. The molecule has 25 heavy (non-hydrogen) atoms. The first-order chi connectivity index (χ1) is 12.1. The Kier molecular flexibility index (Phi) is 12.8. The van der Waals surface area contributed by atoms with Crippen molar-refractivity contribution in [1.29, 1.82) is 0 Å². The first-order valence-corrected chi connectivity index (χ1v) is 11.3. The van der Waals surface area contributed by atoms with Crippen LogP contribution in [0.15, 0.2) is 0 Å². The van der Waals surface area contributed by atoms with Gasteiger partial charge in [0.2, 0.25) is 0 Å². The molecule has 0 aromatic heterocycles. The molecule has 150 valence electrons. The molecule has 0 spiro atoms. The number of likely N-dealkylation sites (N-methyl/N-ethyl adjacent to an activating group) is 3. The van der Waals surface area contributed by atoms with Gasteiger partial charge in [-0.3, -0.25) is 9.80 Å². The summed E-state index contributed by atoms with van der Waals surface area (Å²) in [5.74, 6) is 0. The smallest absolute Gasteiger partial charge is 0.0914 e. The molecule has 0 aliphatic carbocycles. The van der Waals surface area contributed by atoms with E-state index >= 15 is 0 Å². The van der Waals surface area contributed by atoms with Crippen LogP contribution in [-0.2, 0) is 0 Å². The third-order valence-electron chi connectivity index (χ3n) is 6.21. The van der Waals surface area contributed by atoms with E-state index in [2.05, 4.69) is 37.9 Å². The molecule has 1 aliphatic heterocycles. The summed E-state index contributed by atoms with van der Waals surface area (Å²) in [6, 6.07) is 0. The van der Waals surface area contributed by atoms with Crippen molar-refractivity contribution in [1.82, 2.24) is 9.80 Å². The topological polar surface area (TPSA) is 6.48 Å². The van der Waals surface area contributed by atoms with Crippen LogP contribution < -0.4 is 0 Å². The van der Waals surface area contributed by atoms with Gasteiger partial charge in [0.1, 0.15) is 0 Å². The van der Waals surface area contributed by atoms with Gasteiger partial charge in [0, 0.05) is 26.2 Å². The Balaban J connectivity index is 2.06. The molecule has 1 rings (SSSR count). The molecule has 1 heterocycles. The van der Waals surface area contributed by atoms with E-state index in [0.29, 0.717) is 0 Å². The summed E-state index contributed by atoms with van der Waals surface area (Å²) in [5.41, 5.74) is 0. The fraction of sp³-hybridized carbons (Fsp3) is 1.00. The predicted octanol–water partition coefficient (Wildman–Crippen LogP) is 4.62. The molecule has 1 fully saturated rings. The number of hydrogen-bond donors (Lipinski definition) is 0. The van der Waals surface area contributed by atoms with Crippen molar-refractivity contribution in [3.05, 3.63) is 0 Å². The molecule has 0 aromatic rings. The zero-order valence-corrected chi connectivity index (χ0v) is 18.1. The quantitative estimate of drug-likeness (QED) is 0.373. The second-order valence-corrected chi connectivity index (χ2v) is 8.93. The lowest BCUT2D eigenvalue weighted by Crippen LogP contribution is -2.50. The van der Waals surface area contributed by atoms with E-state index in [1.807, 2.05) is 0 Å². The summed E-state index contributed by atoms with van der Waals surface area (Å²) in [5, 5.41) is 0. The van der Waals surface area contributed by atoms with Crippen molar-refractivity contribution in [3.63, 3.8) is 0 Å². The Hall–Kier alpha value is -0.120. The third-order valence-corrected chi connectivity index (χ3v) is 6.21. The molecule has 3 nitrogen and oxygen atoms in total. The minimum Gasteiger partial charge on any atom is -0.324 e. The summed E-state index contributed by atoms with van der Waals surface area (Å²) in [4.78, 5) is 5.03. The van der Waals surface area contributed by atoms with E-state index < -0.39 is 0 Å². The average molecular weight is 355 g/mol. The lowest BCUT2D eigenvalue weighted by atomic mass is 10.1. The van der Waals surface area contributed by atoms with Crippen LogP contribution in [0.1, 0.15) is 77.6 Å². The molecule has 1 aliphatic rings. The van der Waals surface area contributed by atoms with Crippen LogP contribution in [0.5, 0.6) is 0 Å². The van der Waals surface area contributed by atoms with Gasteiger partial charge in [-0.1, -0.05) is 64.7 Å². The first-order valence-electron chi connectivity index (χ1n) is 11.3. The second kappa shape index (κ2) is 14.0. The lowest BCUT2D eigenvalue weighted by Gasteiger charge is -2.35. The molecule has 3 heteroatoms. The summed E-state index contributed by atoms with van der Waals surface area (Å²) < 4.78 is 1.27. The van der Waals surface area contributed by atoms with E-state index in [4.69, 9.17) is 0 Å². The highest BCUT2D eigenvalue weighted by Crippen LogP contribution is 2.13. The zero-order chi connectivity index (χ0) is 18.4. The maximum absolute atomic E-state index is 2.51. The van der Waals surface area contributed by atoms with Crippen LogP contribution in [0.25, 0.3) is 0 Å². The highest BCUT2D eigenvalue weighted by atomic mass is 15.4. The van der Waals surface area contributed by atoms with Crippen LogP contribution in [0.4, 0.5) is 0 Å². The predicted molar refractivity (Wildman–Crippen MR) is 112 cm³/mol. The summed E-state index contributed by atoms with van der Waals surface area (Å²) in [6.07, 6.45) is 15.9. The Labute approximate surface area is 159 Å². The molecule has 1 saturated heterocycles. The van der Waals surface area contributed by atoms with Crippen molar-refractivity contribution in [3.8, 4) is 0 Å². The van der Waals surface area contributed by atoms with Crippen molar-refractivity contribution >= 4 is 0 Å². The van der Waals surface area contributed by atoms with Crippen LogP contribution in [0.2, 0.25) is 0 Å². The van der Waals surface area contributed by atoms with Crippen LogP contribution >= 0.6 is 0 Å². The molecule has 0 atom stereocenters. The van der Waals surface area contributed by atoms with Gasteiger partial charge >= 0.3 is 0 Å². The molecule has 0 unspecified atom stereocenters. The standard InChI is InChI=1S/C22H48N3/c1-5-6-7-8-9-10-11-12-13-14-15-20-25(4)21-18-23(2)16-17-24(3)19-22-25/h5-22H2,1-4H3/q+1. The monoisotopic (exact) mass is 354 g/mol. The first kappa shape index (κ1) is 22.9. The maximum Gasteiger partial charge on any atom is 0.0914 e. The number of nitrogens with zero attached hydrogens (tertiary/aromatic N) is 3. The van der Waals surface area contributed by atoms with Gasteiger partial charge in [-0.2, -0.15) is 0 Å². The van der Waals surface area contributed by atoms with Gasteiger partial charge < -0.3 is 4.48 Å². The van der Waals surface area contributed by atoms with Gasteiger partial charge in [-0.25, -0.2) is 0 Å². The van der Waals surface area contributed by atoms with Crippen LogP contribution in [0.3, 0.4) is 0 Å². The van der Waals surface area contributed by atoms with E-state index in [1.165, 1.54) is 121 Å². The summed E-state index contributed by atoms with van der Waals surface area (Å²) >= 11 is 0. The second-order valence-electron chi connectivity index (χ2n) is 8.93. The molecule has 0 amide bonds. The van der Waals surface area contributed by atoms with Crippen molar-refractivity contribution in [2.45, 2.75) is 77.6 Å². The Morgan fingerprint density at radius 1 is 0.600 bits per heavy atom. The minimum absolute atomic E-state index is 1.22. The number of hydrogen-bond acceptors (Lipinski definition) is 2. The van der Waals surface area contributed by atoms with Gasteiger partial charge in [0.05, 0.1) is 26.7 Å². The van der Waals surface area contributed by atoms with Crippen molar-refractivity contribution in [2.75, 3.05) is 67.0 Å². The van der Waals surface area contributed by atoms with Crippen LogP contribution in [0, 0.1) is 0 Å². The number of quaternary nitrogens is 1. The Morgan fingerprint density at radius 2 is 1.00 bits per heavy atom. The highest BCUT2D eigenvalue weighted by molar-refractivity contribution is 4.61. The molecule has 0 radical (unpaired) electrons. The fourth-order valence-corrected chi connectivity index (χ4v) is 3.88. The number of unbranched alkanes of at least 4 members (excludes halogenated alkanes) is 10. The van der Waals surface area contributed by atoms with Crippen LogP contribution in [-0.4, -0.2) is 81.2 Å². The molecule has 0 aromatic carbocycles. The molecular formula is C22H48N3+. The maximum atomic E-state index is 2.51. The molecule has 0 bridgehead atoms. The SMILES string of the molecule is CCCCCCCCCCCCC[N+]1(C)CCN(C)CCN(C)CC1. The summed E-state index contributed by atoms with van der Waals surface area (Å²) in [6.45, 7) is 11.3. The lowest BCUT2D eigenvalue weighted by molar-refractivity contribution is -0.908. The molecule has 0 N–H and O–H groups in total. The fourth-order valence-electron chi connectivity index (χ4n) is 3.88. The van der Waals surface area contributed by atoms with E-state index in [-0.39, 0.29) is 0 Å². The van der Waals surface area contributed by atoms with Gasteiger partial charge in [0.15, 0.2) is 0 Å². The largest absolute Gasteiger partial charge is 0.324 e. The molecular weight excluding hydrogens is 306 g/mol. The van der Waals surface area contributed by atoms with Gasteiger partial charge in [0.25, 0.3) is 0 Å². The Morgan fingerprint density at radius 3 is 1.44 bits per heavy atom. The van der Waals surface area contributed by atoms with E-state index in [9.17, 15) is 0 Å². The zero-order valence-electron chi connectivity index (χ0n) is 18.1. The van der Waals surface area contributed by atoms with E-state index in [0.717, 1.165) is 0 Å². The summed E-state index contributed by atoms with van der Waals surface area (Å²) in [7, 11) is 7.06. The third kappa shape index (κ3) is 12.0. The van der Waals surface area contributed by atoms with Gasteiger partial charge in [-0.15, -0.1) is 0 Å². The molecule has 0 saturated carbocycles. The minimum atomic E-state index is 1.22. The van der Waals surface area contributed by atoms with Gasteiger partial charge in [-0.05, 0) is 26.9 Å². The normalized spacial score (nSPS) is 20.2. The van der Waals surface area contributed by atoms with Crippen molar-refractivity contribution < 1.29 is 4.48 Å². The van der Waals surface area contributed by atoms with Crippen molar-refractivity contribution in [2.24, 2.45) is 0 Å². The highest BCUT2D eigenvalue weighted by Gasteiger charge is 2.23. The number of rotatable bonds is 12. The van der Waals surface area contributed by atoms with E-state index in [1.54, 1.807) is 0 Å². The average Bonchev–Trinajstić information content (AvgIpc) is 2.66.